The zero-order valence-electron chi connectivity index (χ0n) is 6.06. The highest BCUT2D eigenvalue weighted by molar-refractivity contribution is 5.73. The van der Waals surface area contributed by atoms with Gasteiger partial charge in [-0.25, -0.2) is 4.98 Å². The number of nitrogens with zero attached hydrogens (tertiary/aromatic N) is 3. The standard InChI is InChI=1S/C7H7N3O/c1-9-2-3-10-6(5-11)4-8-7(9)10/h2-5H,1H3. The Hall–Kier alpha value is -1.58. The Labute approximate surface area is 63.1 Å². The lowest BCUT2D eigenvalue weighted by Gasteiger charge is -1.86. The molecule has 0 saturated carbocycles. The molecule has 4 heteroatoms. The number of carbonyl (C=O) groups is 1. The fourth-order valence-corrected chi connectivity index (χ4v) is 1.10. The molecule has 0 aliphatic heterocycles. The Morgan fingerprint density at radius 1 is 1.55 bits per heavy atom. The lowest BCUT2D eigenvalue weighted by atomic mass is 10.5. The van der Waals surface area contributed by atoms with Crippen molar-refractivity contribution in [2.24, 2.45) is 7.05 Å². The molecule has 0 N–H and O–H groups in total. The van der Waals surface area contributed by atoms with Gasteiger partial charge in [-0.05, 0) is 0 Å². The summed E-state index contributed by atoms with van der Waals surface area (Å²) < 4.78 is 3.60. The highest BCUT2D eigenvalue weighted by Crippen LogP contribution is 2.03. The molecule has 4 nitrogen and oxygen atoms in total. The molecule has 0 atom stereocenters. The van der Waals surface area contributed by atoms with Crippen molar-refractivity contribution in [1.29, 1.82) is 0 Å². The average Bonchev–Trinajstić information content (AvgIpc) is 2.53. The van der Waals surface area contributed by atoms with Crippen LogP contribution in [0.15, 0.2) is 18.6 Å². The predicted molar refractivity (Wildman–Crippen MR) is 39.6 cm³/mol. The van der Waals surface area contributed by atoms with Crippen LogP contribution in [0, 0.1) is 0 Å². The van der Waals surface area contributed by atoms with Crippen LogP contribution in [-0.4, -0.2) is 20.2 Å². The highest BCUT2D eigenvalue weighted by atomic mass is 16.1. The van der Waals surface area contributed by atoms with Crippen LogP contribution in [0.2, 0.25) is 0 Å². The van der Waals surface area contributed by atoms with E-state index in [0.717, 1.165) is 12.1 Å². The molecule has 0 amide bonds. The predicted octanol–water partition coefficient (Wildman–Crippen LogP) is 0.485. The van der Waals surface area contributed by atoms with Crippen molar-refractivity contribution >= 4 is 12.1 Å². The van der Waals surface area contributed by atoms with Crippen molar-refractivity contribution in [1.82, 2.24) is 14.0 Å². The minimum Gasteiger partial charge on any atom is -0.320 e. The van der Waals surface area contributed by atoms with Crippen molar-refractivity contribution < 1.29 is 4.79 Å². The van der Waals surface area contributed by atoms with E-state index in [1.165, 1.54) is 0 Å². The molecule has 0 aromatic carbocycles. The zero-order valence-corrected chi connectivity index (χ0v) is 6.06. The van der Waals surface area contributed by atoms with Crippen molar-refractivity contribution in [2.75, 3.05) is 0 Å². The van der Waals surface area contributed by atoms with Gasteiger partial charge in [-0.15, -0.1) is 0 Å². The van der Waals surface area contributed by atoms with E-state index in [0.29, 0.717) is 5.69 Å². The molecule has 0 spiro atoms. The molecule has 2 aromatic rings. The zero-order chi connectivity index (χ0) is 7.84. The molecule has 2 rings (SSSR count). The number of aryl methyl sites for hydroxylation is 1. The van der Waals surface area contributed by atoms with E-state index in [4.69, 9.17) is 0 Å². The Morgan fingerprint density at radius 2 is 2.36 bits per heavy atom. The summed E-state index contributed by atoms with van der Waals surface area (Å²) in [7, 11) is 1.89. The molecule has 0 bridgehead atoms. The SMILES string of the molecule is Cn1ccn2c(C=O)cnc12. The van der Waals surface area contributed by atoms with E-state index < -0.39 is 0 Å². The first-order valence-electron chi connectivity index (χ1n) is 3.26. The number of rotatable bonds is 1. The first kappa shape index (κ1) is 6.15. The largest absolute Gasteiger partial charge is 0.320 e. The summed E-state index contributed by atoms with van der Waals surface area (Å²) in [6, 6.07) is 0. The maximum Gasteiger partial charge on any atom is 0.214 e. The van der Waals surface area contributed by atoms with Crippen LogP contribution in [0.5, 0.6) is 0 Å². The summed E-state index contributed by atoms with van der Waals surface area (Å²) in [6.45, 7) is 0. The Balaban J connectivity index is 2.87. The molecule has 56 valence electrons. The van der Waals surface area contributed by atoms with Gasteiger partial charge in [0.1, 0.15) is 5.69 Å². The van der Waals surface area contributed by atoms with Gasteiger partial charge in [0.15, 0.2) is 6.29 Å². The van der Waals surface area contributed by atoms with Gasteiger partial charge >= 0.3 is 0 Å². The van der Waals surface area contributed by atoms with Gasteiger partial charge < -0.3 is 4.57 Å². The number of aldehydes is 1. The highest BCUT2D eigenvalue weighted by Gasteiger charge is 2.02. The van der Waals surface area contributed by atoms with Crippen LogP contribution < -0.4 is 0 Å². The summed E-state index contributed by atoms with van der Waals surface area (Å²) in [6.07, 6.45) is 6.02. The second-order valence-electron chi connectivity index (χ2n) is 2.38. The Kier molecular flexibility index (Phi) is 1.09. The minimum atomic E-state index is 0.584. The molecule has 0 unspecified atom stereocenters. The van der Waals surface area contributed by atoms with Gasteiger partial charge in [0, 0.05) is 19.4 Å². The van der Waals surface area contributed by atoms with Crippen LogP contribution >= 0.6 is 0 Å². The second kappa shape index (κ2) is 1.95. The van der Waals surface area contributed by atoms with E-state index in [1.807, 2.05) is 24.0 Å². The molecule has 2 aromatic heterocycles. The van der Waals surface area contributed by atoms with Crippen LogP contribution in [0.1, 0.15) is 10.5 Å². The van der Waals surface area contributed by atoms with Gasteiger partial charge in [-0.1, -0.05) is 0 Å². The van der Waals surface area contributed by atoms with Gasteiger partial charge in [0.2, 0.25) is 5.78 Å². The molecule has 11 heavy (non-hydrogen) atoms. The molecule has 2 heterocycles. The molecular weight excluding hydrogens is 142 g/mol. The summed E-state index contributed by atoms with van der Waals surface area (Å²) in [5.41, 5.74) is 0.584. The minimum absolute atomic E-state index is 0.584. The molecule has 0 radical (unpaired) electrons. The third kappa shape index (κ3) is 0.690. The Bertz CT molecular complexity index is 399. The number of hydrogen-bond donors (Lipinski definition) is 0. The first-order valence-corrected chi connectivity index (χ1v) is 3.26. The maximum absolute atomic E-state index is 10.4. The van der Waals surface area contributed by atoms with E-state index in [9.17, 15) is 4.79 Å². The van der Waals surface area contributed by atoms with E-state index in [2.05, 4.69) is 4.98 Å². The van der Waals surface area contributed by atoms with E-state index >= 15 is 0 Å². The first-order chi connectivity index (χ1) is 5.33. The van der Waals surface area contributed by atoms with Crippen LogP contribution in [0.3, 0.4) is 0 Å². The number of carbonyl (C=O) groups excluding carboxylic acids is 1. The number of aromatic nitrogens is 3. The summed E-state index contributed by atoms with van der Waals surface area (Å²) in [5.74, 6) is 0.784. The topological polar surface area (TPSA) is 39.3 Å². The van der Waals surface area contributed by atoms with Crippen LogP contribution in [0.25, 0.3) is 5.78 Å². The fraction of sp³-hybridized carbons (Fsp3) is 0.143. The van der Waals surface area contributed by atoms with Gasteiger partial charge in [-0.2, -0.15) is 0 Å². The number of fused-ring (bicyclic) bond motifs is 1. The molecule has 0 fully saturated rings. The van der Waals surface area contributed by atoms with Crippen molar-refractivity contribution in [2.45, 2.75) is 0 Å². The van der Waals surface area contributed by atoms with E-state index in [1.54, 1.807) is 10.6 Å². The normalized spacial score (nSPS) is 10.6. The maximum atomic E-state index is 10.4. The van der Waals surface area contributed by atoms with Crippen molar-refractivity contribution in [3.05, 3.63) is 24.3 Å². The van der Waals surface area contributed by atoms with Gasteiger partial charge in [0.25, 0.3) is 0 Å². The summed E-state index contributed by atoms with van der Waals surface area (Å²) >= 11 is 0. The smallest absolute Gasteiger partial charge is 0.214 e. The van der Waals surface area contributed by atoms with Gasteiger partial charge in [0.05, 0.1) is 6.20 Å². The lowest BCUT2D eigenvalue weighted by Crippen LogP contribution is -1.88. The molecule has 0 aliphatic rings. The average molecular weight is 149 g/mol. The van der Waals surface area contributed by atoms with Crippen molar-refractivity contribution in [3.8, 4) is 0 Å². The molecule has 0 aliphatic carbocycles. The van der Waals surface area contributed by atoms with Crippen molar-refractivity contribution in [3.63, 3.8) is 0 Å². The van der Waals surface area contributed by atoms with Crippen LogP contribution in [-0.2, 0) is 7.05 Å². The fourth-order valence-electron chi connectivity index (χ4n) is 1.10. The number of imidazole rings is 2. The van der Waals surface area contributed by atoms with Crippen LogP contribution in [0.4, 0.5) is 0 Å². The quantitative estimate of drug-likeness (QED) is 0.553. The molecular formula is C7H7N3O. The third-order valence-corrected chi connectivity index (χ3v) is 1.68. The Morgan fingerprint density at radius 3 is 3.09 bits per heavy atom. The monoisotopic (exact) mass is 149 g/mol. The number of hydrogen-bond acceptors (Lipinski definition) is 2. The lowest BCUT2D eigenvalue weighted by molar-refractivity contribution is 0.111. The third-order valence-electron chi connectivity index (χ3n) is 1.68. The summed E-state index contributed by atoms with van der Waals surface area (Å²) in [4.78, 5) is 14.5. The van der Waals surface area contributed by atoms with E-state index in [-0.39, 0.29) is 0 Å². The van der Waals surface area contributed by atoms with Gasteiger partial charge in [-0.3, -0.25) is 9.20 Å². The summed E-state index contributed by atoms with van der Waals surface area (Å²) in [5, 5.41) is 0. The second-order valence-corrected chi connectivity index (χ2v) is 2.38. The molecule has 0 saturated heterocycles.